The SMILES string of the molecule is CC\C=C/C=C\C=C/C=C\C=C/CCCC(=O)OC(COC(=O)CCCCCCCCCCCCC)COC(=O)CCCCCCCCCCCCCCCCC. The van der Waals surface area contributed by atoms with Crippen LogP contribution in [0.15, 0.2) is 60.8 Å². The van der Waals surface area contributed by atoms with E-state index in [-0.39, 0.29) is 37.5 Å². The molecule has 0 N–H and O–H groups in total. The van der Waals surface area contributed by atoms with Crippen LogP contribution in [0, 0.1) is 0 Å². The Morgan fingerprint density at radius 1 is 0.368 bits per heavy atom. The van der Waals surface area contributed by atoms with Gasteiger partial charge in [0.2, 0.25) is 0 Å². The summed E-state index contributed by atoms with van der Waals surface area (Å²) in [6.07, 6.45) is 55.0. The number of rotatable bonds is 42. The van der Waals surface area contributed by atoms with Crippen LogP contribution in [-0.4, -0.2) is 37.2 Å². The molecule has 6 nitrogen and oxygen atoms in total. The van der Waals surface area contributed by atoms with E-state index in [0.29, 0.717) is 19.3 Å². The van der Waals surface area contributed by atoms with Crippen LogP contribution in [0.3, 0.4) is 0 Å². The van der Waals surface area contributed by atoms with Crippen molar-refractivity contribution in [1.82, 2.24) is 0 Å². The molecular formula is C51H88O6. The number of hydrogen-bond acceptors (Lipinski definition) is 6. The first-order valence-corrected chi connectivity index (χ1v) is 23.9. The summed E-state index contributed by atoms with van der Waals surface area (Å²) < 4.78 is 16.7. The third-order valence-corrected chi connectivity index (χ3v) is 10.2. The van der Waals surface area contributed by atoms with E-state index in [1.807, 2.05) is 54.7 Å². The minimum atomic E-state index is -0.805. The molecule has 57 heavy (non-hydrogen) atoms. The van der Waals surface area contributed by atoms with E-state index in [1.54, 1.807) is 0 Å². The summed E-state index contributed by atoms with van der Waals surface area (Å²) in [4.78, 5) is 37.8. The standard InChI is InChI=1S/C51H88O6/c1-4-7-10-13-16-19-22-24-25-27-29-32-35-38-41-44-50(53)56-47-48(46-55-49(52)43-40-37-34-31-28-21-18-15-12-9-6-3)57-51(54)45-42-39-36-33-30-26-23-20-17-14-11-8-5-2/h8,11,14,17,20,23,26,30,33,36,48H,4-7,9-10,12-13,15-16,18-19,21-22,24-25,27-29,31-32,34-35,37-47H2,1-3H3/b11-8-,17-14-,23-20-,30-26-,36-33-. The van der Waals surface area contributed by atoms with E-state index in [1.165, 1.54) is 128 Å². The number of carbonyl (C=O) groups is 3. The zero-order valence-corrected chi connectivity index (χ0v) is 37.3. The smallest absolute Gasteiger partial charge is 0.306 e. The Labute approximate surface area is 351 Å². The van der Waals surface area contributed by atoms with Gasteiger partial charge >= 0.3 is 17.9 Å². The molecule has 0 aliphatic carbocycles. The first-order chi connectivity index (χ1) is 28.0. The van der Waals surface area contributed by atoms with Crippen molar-refractivity contribution in [3.8, 4) is 0 Å². The van der Waals surface area contributed by atoms with E-state index in [4.69, 9.17) is 14.2 Å². The van der Waals surface area contributed by atoms with E-state index < -0.39 is 6.10 Å². The van der Waals surface area contributed by atoms with Crippen molar-refractivity contribution >= 4 is 17.9 Å². The molecule has 0 aromatic rings. The van der Waals surface area contributed by atoms with Gasteiger partial charge in [0.25, 0.3) is 0 Å². The van der Waals surface area contributed by atoms with Crippen LogP contribution < -0.4 is 0 Å². The van der Waals surface area contributed by atoms with Gasteiger partial charge in [-0.05, 0) is 32.1 Å². The molecule has 6 heteroatoms. The highest BCUT2D eigenvalue weighted by Gasteiger charge is 2.19. The first kappa shape index (κ1) is 54.1. The first-order valence-electron chi connectivity index (χ1n) is 23.9. The number of carbonyl (C=O) groups excluding carboxylic acids is 3. The highest BCUT2D eigenvalue weighted by atomic mass is 16.6. The van der Waals surface area contributed by atoms with E-state index in [0.717, 1.165) is 51.4 Å². The average Bonchev–Trinajstić information content (AvgIpc) is 3.21. The maximum atomic E-state index is 12.7. The van der Waals surface area contributed by atoms with Crippen LogP contribution in [0.5, 0.6) is 0 Å². The summed E-state index contributed by atoms with van der Waals surface area (Å²) in [5.41, 5.74) is 0. The summed E-state index contributed by atoms with van der Waals surface area (Å²) in [5, 5.41) is 0. The van der Waals surface area contributed by atoms with Crippen molar-refractivity contribution in [1.29, 1.82) is 0 Å². The monoisotopic (exact) mass is 797 g/mol. The maximum Gasteiger partial charge on any atom is 0.306 e. The molecule has 0 bridgehead atoms. The van der Waals surface area contributed by atoms with Gasteiger partial charge in [-0.2, -0.15) is 0 Å². The summed E-state index contributed by atoms with van der Waals surface area (Å²) in [6, 6.07) is 0. The summed E-state index contributed by atoms with van der Waals surface area (Å²) in [5.74, 6) is -0.973. The average molecular weight is 797 g/mol. The lowest BCUT2D eigenvalue weighted by atomic mass is 10.0. The highest BCUT2D eigenvalue weighted by Crippen LogP contribution is 2.15. The fourth-order valence-corrected chi connectivity index (χ4v) is 6.59. The van der Waals surface area contributed by atoms with Crippen molar-refractivity contribution in [3.05, 3.63) is 60.8 Å². The molecule has 0 aliphatic rings. The van der Waals surface area contributed by atoms with Crippen LogP contribution >= 0.6 is 0 Å². The molecule has 1 atom stereocenters. The van der Waals surface area contributed by atoms with Crippen LogP contribution in [0.4, 0.5) is 0 Å². The third kappa shape index (κ3) is 44.1. The molecule has 0 fully saturated rings. The fourth-order valence-electron chi connectivity index (χ4n) is 6.59. The van der Waals surface area contributed by atoms with E-state index in [9.17, 15) is 14.4 Å². The molecule has 1 unspecified atom stereocenters. The van der Waals surface area contributed by atoms with Crippen molar-refractivity contribution < 1.29 is 28.6 Å². The van der Waals surface area contributed by atoms with Crippen LogP contribution in [0.1, 0.15) is 226 Å². The largest absolute Gasteiger partial charge is 0.462 e. The number of hydrogen-bond donors (Lipinski definition) is 0. The quantitative estimate of drug-likeness (QED) is 0.0265. The molecule has 328 valence electrons. The fraction of sp³-hybridized carbons (Fsp3) is 0.745. The van der Waals surface area contributed by atoms with Crippen molar-refractivity contribution in [3.63, 3.8) is 0 Å². The lowest BCUT2D eigenvalue weighted by molar-refractivity contribution is -0.167. The molecule has 0 heterocycles. The van der Waals surface area contributed by atoms with Gasteiger partial charge in [-0.3, -0.25) is 14.4 Å². The number of ether oxygens (including phenoxy) is 3. The molecule has 0 radical (unpaired) electrons. The Morgan fingerprint density at radius 2 is 0.684 bits per heavy atom. The summed E-state index contributed by atoms with van der Waals surface area (Å²) in [7, 11) is 0. The molecule has 0 amide bonds. The van der Waals surface area contributed by atoms with Crippen molar-refractivity contribution in [2.45, 2.75) is 232 Å². The maximum absolute atomic E-state index is 12.7. The van der Waals surface area contributed by atoms with E-state index >= 15 is 0 Å². The lowest BCUT2D eigenvalue weighted by Gasteiger charge is -2.18. The normalized spacial score (nSPS) is 12.5. The van der Waals surface area contributed by atoms with Crippen LogP contribution in [-0.2, 0) is 28.6 Å². The topological polar surface area (TPSA) is 78.9 Å². The van der Waals surface area contributed by atoms with Gasteiger partial charge in [-0.25, -0.2) is 0 Å². The summed E-state index contributed by atoms with van der Waals surface area (Å²) in [6.45, 7) is 6.42. The molecule has 0 spiro atoms. The Morgan fingerprint density at radius 3 is 1.05 bits per heavy atom. The van der Waals surface area contributed by atoms with Crippen molar-refractivity contribution in [2.75, 3.05) is 13.2 Å². The zero-order chi connectivity index (χ0) is 41.5. The highest BCUT2D eigenvalue weighted by molar-refractivity contribution is 5.71. The number of unbranched alkanes of at least 4 members (excludes halogenated alkanes) is 25. The van der Waals surface area contributed by atoms with Gasteiger partial charge in [-0.15, -0.1) is 0 Å². The van der Waals surface area contributed by atoms with E-state index in [2.05, 4.69) is 26.8 Å². The Kier molecular flexibility index (Phi) is 43.5. The van der Waals surface area contributed by atoms with Gasteiger partial charge in [0.05, 0.1) is 0 Å². The second-order valence-corrected chi connectivity index (χ2v) is 15.8. The Hall–Kier alpha value is -2.89. The van der Waals surface area contributed by atoms with Gasteiger partial charge in [0.15, 0.2) is 6.10 Å². The second-order valence-electron chi connectivity index (χ2n) is 15.8. The number of allylic oxidation sites excluding steroid dienone is 10. The Bertz CT molecular complexity index is 1050. The molecule has 0 aromatic heterocycles. The molecule has 0 saturated heterocycles. The predicted octanol–water partition coefficient (Wildman–Crippen LogP) is 15.3. The molecule has 0 aromatic carbocycles. The molecule has 0 rings (SSSR count). The second kappa shape index (κ2) is 45.8. The van der Waals surface area contributed by atoms with Crippen LogP contribution in [0.2, 0.25) is 0 Å². The minimum Gasteiger partial charge on any atom is -0.462 e. The number of esters is 3. The minimum absolute atomic E-state index is 0.0999. The third-order valence-electron chi connectivity index (χ3n) is 10.2. The molecular weight excluding hydrogens is 709 g/mol. The van der Waals surface area contributed by atoms with Gasteiger partial charge < -0.3 is 14.2 Å². The molecule has 0 saturated carbocycles. The lowest BCUT2D eigenvalue weighted by Crippen LogP contribution is -2.30. The zero-order valence-electron chi connectivity index (χ0n) is 37.3. The summed E-state index contributed by atoms with van der Waals surface area (Å²) >= 11 is 0. The van der Waals surface area contributed by atoms with Crippen LogP contribution in [0.25, 0.3) is 0 Å². The Balaban J connectivity index is 4.45. The van der Waals surface area contributed by atoms with Crippen molar-refractivity contribution in [2.24, 2.45) is 0 Å². The molecule has 0 aliphatic heterocycles. The van der Waals surface area contributed by atoms with Gasteiger partial charge in [-0.1, -0.05) is 236 Å². The predicted molar refractivity (Wildman–Crippen MR) is 242 cm³/mol. The van der Waals surface area contributed by atoms with Gasteiger partial charge in [0.1, 0.15) is 13.2 Å². The van der Waals surface area contributed by atoms with Gasteiger partial charge in [0, 0.05) is 19.3 Å².